The Morgan fingerprint density at radius 2 is 1.73 bits per heavy atom. The van der Waals surface area contributed by atoms with Crippen LogP contribution in [-0.4, -0.2) is 54.8 Å². The molecule has 3 aromatic rings. The molecule has 1 aliphatic rings. The topological polar surface area (TPSA) is 83.4 Å². The molecule has 0 aromatic heterocycles. The molecule has 0 unspecified atom stereocenters. The lowest BCUT2D eigenvalue weighted by Gasteiger charge is -2.32. The largest absolute Gasteiger partial charge is 0.494 e. The zero-order chi connectivity index (χ0) is 26.4. The van der Waals surface area contributed by atoms with E-state index in [0.717, 1.165) is 25.6 Å². The molecule has 1 amide bonds. The van der Waals surface area contributed by atoms with Crippen molar-refractivity contribution in [3.8, 4) is 5.75 Å². The Labute approximate surface area is 233 Å². The molecule has 2 atom stereocenters. The molecule has 194 valence electrons. The molecule has 9 heteroatoms. The first-order chi connectivity index (χ1) is 17.8. The molecule has 0 bridgehead atoms. The highest BCUT2D eigenvalue weighted by atomic mass is 79.9. The monoisotopic (exact) mass is 629 g/mol. The van der Waals surface area contributed by atoms with Crippen LogP contribution in [0.5, 0.6) is 5.75 Å². The molecule has 0 spiro atoms. The zero-order valence-electron chi connectivity index (χ0n) is 20.7. The molecule has 7 nitrogen and oxygen atoms in total. The molecule has 1 aliphatic heterocycles. The summed E-state index contributed by atoms with van der Waals surface area (Å²) in [5.74, 6) is 0.791. The molecular formula is C28H29Br2N3O4. The normalized spacial score (nSPS) is 18.9. The van der Waals surface area contributed by atoms with E-state index in [1.165, 1.54) is 0 Å². The molecule has 0 saturated carbocycles. The number of aliphatic imine (C=N–C) groups is 1. The second-order valence-corrected chi connectivity index (χ2v) is 10.6. The van der Waals surface area contributed by atoms with E-state index in [1.807, 2.05) is 72.8 Å². The van der Waals surface area contributed by atoms with Crippen molar-refractivity contribution in [1.82, 2.24) is 10.4 Å². The number of amides is 1. The van der Waals surface area contributed by atoms with Crippen LogP contribution in [0, 0.1) is 0 Å². The van der Waals surface area contributed by atoms with Crippen LogP contribution in [0.3, 0.4) is 0 Å². The fourth-order valence-electron chi connectivity index (χ4n) is 4.18. The maximum Gasteiger partial charge on any atom is 0.266 e. The Kier molecular flexibility index (Phi) is 9.02. The van der Waals surface area contributed by atoms with Crippen molar-refractivity contribution >= 4 is 43.7 Å². The van der Waals surface area contributed by atoms with Gasteiger partial charge in [0.15, 0.2) is 11.6 Å². The van der Waals surface area contributed by atoms with Crippen LogP contribution in [-0.2, 0) is 16.0 Å². The van der Waals surface area contributed by atoms with Gasteiger partial charge in [0.2, 0.25) is 5.90 Å². The minimum Gasteiger partial charge on any atom is -0.494 e. The van der Waals surface area contributed by atoms with Gasteiger partial charge in [0, 0.05) is 53.6 Å². The molecule has 0 aliphatic carbocycles. The number of carbonyl (C=O) groups excluding carboxylic acids is 1. The summed E-state index contributed by atoms with van der Waals surface area (Å²) in [7, 11) is 3.54. The average Bonchev–Trinajstić information content (AvgIpc) is 3.26. The van der Waals surface area contributed by atoms with Crippen molar-refractivity contribution in [3.63, 3.8) is 0 Å². The van der Waals surface area contributed by atoms with Crippen LogP contribution in [0.15, 0.2) is 86.7 Å². The van der Waals surface area contributed by atoms with Gasteiger partial charge in [-0.1, -0.05) is 68.3 Å². The number of hydrogen-bond acceptors (Lipinski definition) is 6. The van der Waals surface area contributed by atoms with E-state index in [-0.39, 0.29) is 12.5 Å². The first kappa shape index (κ1) is 27.3. The minimum absolute atomic E-state index is 0.0772. The molecule has 4 rings (SSSR count). The Morgan fingerprint density at radius 1 is 1.05 bits per heavy atom. The summed E-state index contributed by atoms with van der Waals surface area (Å²) >= 11 is 7.30. The number of aliphatic hydroxyl groups excluding tert-OH is 1. The lowest BCUT2D eigenvalue weighted by Crippen LogP contribution is -2.53. The number of aliphatic hydroxyl groups is 1. The average molecular weight is 631 g/mol. The number of benzene rings is 3. The van der Waals surface area contributed by atoms with E-state index >= 15 is 0 Å². The number of nitrogens with one attached hydrogen (secondary N) is 1. The predicted molar refractivity (Wildman–Crippen MR) is 151 cm³/mol. The fourth-order valence-corrected chi connectivity index (χ4v) is 5.10. The summed E-state index contributed by atoms with van der Waals surface area (Å²) in [5.41, 5.74) is 4.14. The van der Waals surface area contributed by atoms with E-state index in [2.05, 4.69) is 37.3 Å². The zero-order valence-corrected chi connectivity index (χ0v) is 23.8. The van der Waals surface area contributed by atoms with Gasteiger partial charge in [-0.2, -0.15) is 0 Å². The summed E-state index contributed by atoms with van der Waals surface area (Å²) in [6.07, 6.45) is 0.181. The van der Waals surface area contributed by atoms with E-state index in [0.29, 0.717) is 31.1 Å². The van der Waals surface area contributed by atoms with Gasteiger partial charge in [0.25, 0.3) is 5.91 Å². The smallest absolute Gasteiger partial charge is 0.266 e. The van der Waals surface area contributed by atoms with Gasteiger partial charge in [0.1, 0.15) is 5.75 Å². The third kappa shape index (κ3) is 6.23. The first-order valence-corrected chi connectivity index (χ1v) is 13.5. The number of rotatable bonds is 10. The Bertz CT molecular complexity index is 1270. The quantitative estimate of drug-likeness (QED) is 0.242. The number of halogens is 2. The maximum absolute atomic E-state index is 14.0. The molecule has 37 heavy (non-hydrogen) atoms. The first-order valence-electron chi connectivity index (χ1n) is 11.9. The number of ether oxygens (including phenoxy) is 2. The molecule has 3 aromatic carbocycles. The molecule has 1 heterocycles. The Balaban J connectivity index is 1.81. The summed E-state index contributed by atoms with van der Waals surface area (Å²) in [6.45, 7) is 0.505. The van der Waals surface area contributed by atoms with Crippen LogP contribution in [0.1, 0.15) is 29.2 Å². The standard InChI is InChI=1S/C28H29Br2N3O4/c1-33(2)32-27(35)28(18-20-8-3-5-10-23(20)29)25(22-9-4-6-11-24(22)30)37-26(31-28)19-12-14-21(15-13-19)36-17-7-16-34/h3-6,8-15,25,34H,7,16-18H2,1-2H3,(H,32,35)/t25-,28-/m0/s1. The van der Waals surface area contributed by atoms with Gasteiger partial charge in [-0.25, -0.2) is 10.0 Å². The van der Waals surface area contributed by atoms with Crippen LogP contribution in [0.25, 0.3) is 0 Å². The van der Waals surface area contributed by atoms with Crippen molar-refractivity contribution in [2.45, 2.75) is 24.5 Å². The highest BCUT2D eigenvalue weighted by Gasteiger charge is 2.54. The Morgan fingerprint density at radius 3 is 2.38 bits per heavy atom. The third-order valence-electron chi connectivity index (χ3n) is 5.96. The van der Waals surface area contributed by atoms with Gasteiger partial charge in [-0.15, -0.1) is 0 Å². The van der Waals surface area contributed by atoms with Crippen molar-refractivity contribution in [1.29, 1.82) is 0 Å². The van der Waals surface area contributed by atoms with Gasteiger partial charge in [0.05, 0.1) is 6.61 Å². The second-order valence-electron chi connectivity index (χ2n) is 8.91. The van der Waals surface area contributed by atoms with Gasteiger partial charge in [-0.05, 0) is 42.0 Å². The van der Waals surface area contributed by atoms with Crippen molar-refractivity contribution < 1.29 is 19.4 Å². The van der Waals surface area contributed by atoms with E-state index in [1.54, 1.807) is 19.1 Å². The highest BCUT2D eigenvalue weighted by Crippen LogP contribution is 2.45. The van der Waals surface area contributed by atoms with Gasteiger partial charge < -0.3 is 14.6 Å². The summed E-state index contributed by atoms with van der Waals surface area (Å²) < 4.78 is 13.9. The molecule has 0 fully saturated rings. The van der Waals surface area contributed by atoms with Crippen molar-refractivity contribution in [3.05, 3.63) is 98.4 Å². The van der Waals surface area contributed by atoms with E-state index < -0.39 is 11.6 Å². The summed E-state index contributed by atoms with van der Waals surface area (Å²) in [4.78, 5) is 19.0. The molecule has 0 saturated heterocycles. The van der Waals surface area contributed by atoms with Crippen LogP contribution < -0.4 is 10.2 Å². The molecule has 2 N–H and O–H groups in total. The predicted octanol–water partition coefficient (Wildman–Crippen LogP) is 5.07. The summed E-state index contributed by atoms with van der Waals surface area (Å²) in [6, 6.07) is 22.9. The lowest BCUT2D eigenvalue weighted by atomic mass is 9.82. The van der Waals surface area contributed by atoms with E-state index in [9.17, 15) is 4.79 Å². The second kappa shape index (κ2) is 12.2. The van der Waals surface area contributed by atoms with Crippen molar-refractivity contribution in [2.75, 3.05) is 27.3 Å². The maximum atomic E-state index is 14.0. The Hall–Kier alpha value is -2.72. The van der Waals surface area contributed by atoms with Crippen LogP contribution in [0.4, 0.5) is 0 Å². The number of hydrazine groups is 1. The fraction of sp³-hybridized carbons (Fsp3) is 0.286. The SMILES string of the molecule is CN(C)NC(=O)[C@@]1(Cc2ccccc2Br)N=C(c2ccc(OCCCO)cc2)O[C@H]1c1ccccc1Br. The van der Waals surface area contributed by atoms with Gasteiger partial charge in [-0.3, -0.25) is 10.2 Å². The number of nitrogens with zero attached hydrogens (tertiary/aromatic N) is 2. The van der Waals surface area contributed by atoms with E-state index in [4.69, 9.17) is 19.6 Å². The number of carbonyl (C=O) groups is 1. The summed E-state index contributed by atoms with van der Waals surface area (Å²) in [5, 5.41) is 10.6. The number of hydrogen-bond donors (Lipinski definition) is 2. The van der Waals surface area contributed by atoms with Crippen molar-refractivity contribution in [2.24, 2.45) is 4.99 Å². The molecular weight excluding hydrogens is 602 g/mol. The molecule has 0 radical (unpaired) electrons. The third-order valence-corrected chi connectivity index (χ3v) is 7.46. The van der Waals surface area contributed by atoms with Crippen LogP contribution in [0.2, 0.25) is 0 Å². The lowest BCUT2D eigenvalue weighted by molar-refractivity contribution is -0.132. The van der Waals surface area contributed by atoms with Gasteiger partial charge >= 0.3 is 0 Å². The minimum atomic E-state index is -1.29. The highest BCUT2D eigenvalue weighted by molar-refractivity contribution is 9.10. The van der Waals surface area contributed by atoms with Crippen LogP contribution >= 0.6 is 31.9 Å².